The van der Waals surface area contributed by atoms with Crippen molar-refractivity contribution in [1.29, 1.82) is 0 Å². The Bertz CT molecular complexity index is 944. The highest BCUT2D eigenvalue weighted by Crippen LogP contribution is 2.35. The van der Waals surface area contributed by atoms with Gasteiger partial charge in [-0.05, 0) is 78.5 Å². The van der Waals surface area contributed by atoms with Crippen molar-refractivity contribution in [3.63, 3.8) is 0 Å². The summed E-state index contributed by atoms with van der Waals surface area (Å²) in [7, 11) is -3.12. The van der Waals surface area contributed by atoms with Gasteiger partial charge in [-0.15, -0.1) is 4.36 Å². The first kappa shape index (κ1) is 17.4. The van der Waals surface area contributed by atoms with Gasteiger partial charge in [0, 0.05) is 6.20 Å². The summed E-state index contributed by atoms with van der Waals surface area (Å²) in [5.74, 6) is -0.396. The zero-order chi connectivity index (χ0) is 18.1. The van der Waals surface area contributed by atoms with Gasteiger partial charge in [0.25, 0.3) is 5.91 Å². The van der Waals surface area contributed by atoms with Crippen LogP contribution in [0.1, 0.15) is 46.4 Å². The monoisotopic (exact) mass is 369 g/mol. The lowest BCUT2D eigenvalue weighted by Gasteiger charge is -2.14. The lowest BCUT2D eigenvalue weighted by atomic mass is 9.92. The molecule has 1 unspecified atom stereocenters. The Hall–Kier alpha value is -2.05. The number of nitrogens with zero attached hydrogens (tertiary/aromatic N) is 2. The van der Waals surface area contributed by atoms with Crippen LogP contribution in [0, 0.1) is 0 Å². The third kappa shape index (κ3) is 3.57. The van der Waals surface area contributed by atoms with Gasteiger partial charge < -0.3 is 0 Å². The van der Waals surface area contributed by atoms with E-state index < -0.39 is 9.92 Å². The first-order valence-electron chi connectivity index (χ1n) is 9.12. The number of carbonyl (C=O) groups excluding carboxylic acids is 1. The van der Waals surface area contributed by atoms with Crippen LogP contribution < -0.4 is 5.14 Å². The van der Waals surface area contributed by atoms with Crippen LogP contribution in [0.5, 0.6) is 0 Å². The molecule has 136 valence electrons. The van der Waals surface area contributed by atoms with Crippen molar-refractivity contribution in [2.24, 2.45) is 9.50 Å². The molecule has 2 aromatic rings. The Kier molecular flexibility index (Phi) is 4.63. The predicted octanol–water partition coefficient (Wildman–Crippen LogP) is 2.67. The normalized spacial score (nSPS) is 17.4. The zero-order valence-corrected chi connectivity index (χ0v) is 15.6. The van der Waals surface area contributed by atoms with Crippen LogP contribution in [0.25, 0.3) is 0 Å². The molecule has 2 aliphatic carbocycles. The number of hydrogen-bond donors (Lipinski definition) is 1. The molecule has 0 aliphatic heterocycles. The SMILES string of the molecule is NS(=O)(Cc1ccccn1)=NC(=O)Cc1c2c(cc3c1CCC3)CCC2. The van der Waals surface area contributed by atoms with E-state index >= 15 is 0 Å². The molecule has 4 rings (SSSR count). The summed E-state index contributed by atoms with van der Waals surface area (Å²) in [4.78, 5) is 16.7. The second-order valence-corrected chi connectivity index (χ2v) is 9.01. The smallest absolute Gasteiger partial charge is 0.259 e. The number of pyridine rings is 1. The van der Waals surface area contributed by atoms with E-state index in [2.05, 4.69) is 15.4 Å². The van der Waals surface area contributed by atoms with E-state index in [1.165, 1.54) is 22.3 Å². The summed E-state index contributed by atoms with van der Waals surface area (Å²) in [6.07, 6.45) is 8.34. The highest BCUT2D eigenvalue weighted by atomic mass is 32.2. The van der Waals surface area contributed by atoms with Gasteiger partial charge in [0.1, 0.15) is 9.92 Å². The van der Waals surface area contributed by atoms with E-state index in [-0.39, 0.29) is 18.1 Å². The molecule has 2 aliphatic rings. The summed E-state index contributed by atoms with van der Waals surface area (Å²) < 4.78 is 16.5. The van der Waals surface area contributed by atoms with Gasteiger partial charge in [-0.25, -0.2) is 9.35 Å². The van der Waals surface area contributed by atoms with Gasteiger partial charge in [-0.1, -0.05) is 12.1 Å². The maximum absolute atomic E-state index is 12.6. The number of carbonyl (C=O) groups is 1. The molecular formula is C20H23N3O2S. The predicted molar refractivity (Wildman–Crippen MR) is 102 cm³/mol. The molecule has 0 bridgehead atoms. The third-order valence-electron chi connectivity index (χ3n) is 5.26. The quantitative estimate of drug-likeness (QED) is 0.899. The molecule has 0 saturated carbocycles. The van der Waals surface area contributed by atoms with E-state index in [4.69, 9.17) is 5.14 Å². The topological polar surface area (TPSA) is 85.4 Å². The summed E-state index contributed by atoms with van der Waals surface area (Å²) in [5.41, 5.74) is 7.13. The fourth-order valence-electron chi connectivity index (χ4n) is 4.23. The number of rotatable bonds is 4. The van der Waals surface area contributed by atoms with Gasteiger partial charge in [-0.2, -0.15) is 0 Å². The van der Waals surface area contributed by atoms with Crippen molar-refractivity contribution in [3.05, 3.63) is 64.0 Å². The Morgan fingerprint density at radius 1 is 1.12 bits per heavy atom. The molecule has 0 radical (unpaired) electrons. The average Bonchev–Trinajstić information content (AvgIpc) is 3.23. The Morgan fingerprint density at radius 3 is 2.42 bits per heavy atom. The highest BCUT2D eigenvalue weighted by Gasteiger charge is 2.25. The van der Waals surface area contributed by atoms with Crippen molar-refractivity contribution in [3.8, 4) is 0 Å². The lowest BCUT2D eigenvalue weighted by Crippen LogP contribution is -2.19. The highest BCUT2D eigenvalue weighted by molar-refractivity contribution is 7.90. The van der Waals surface area contributed by atoms with Crippen molar-refractivity contribution in [2.75, 3.05) is 0 Å². The zero-order valence-electron chi connectivity index (χ0n) is 14.7. The Balaban J connectivity index is 1.60. The van der Waals surface area contributed by atoms with Crippen LogP contribution in [0.2, 0.25) is 0 Å². The number of fused-ring (bicyclic) bond motifs is 2. The van der Waals surface area contributed by atoms with Gasteiger partial charge in [0.2, 0.25) is 0 Å². The number of nitrogens with two attached hydrogens (primary N) is 1. The molecule has 26 heavy (non-hydrogen) atoms. The lowest BCUT2D eigenvalue weighted by molar-refractivity contribution is -0.117. The third-order valence-corrected chi connectivity index (χ3v) is 6.49. The van der Waals surface area contributed by atoms with Crippen LogP contribution in [0.4, 0.5) is 0 Å². The van der Waals surface area contributed by atoms with E-state index in [1.807, 2.05) is 0 Å². The van der Waals surface area contributed by atoms with E-state index in [9.17, 15) is 9.00 Å². The minimum absolute atomic E-state index is 0.00934. The van der Waals surface area contributed by atoms with Crippen LogP contribution in [0.3, 0.4) is 0 Å². The van der Waals surface area contributed by atoms with Crippen molar-refractivity contribution in [2.45, 2.75) is 50.7 Å². The molecule has 1 aromatic heterocycles. The Labute approximate surface area is 154 Å². The molecule has 1 aromatic carbocycles. The van der Waals surface area contributed by atoms with Gasteiger partial charge in [-0.3, -0.25) is 9.78 Å². The summed E-state index contributed by atoms with van der Waals surface area (Å²) in [5, 5.41) is 5.83. The fourth-order valence-corrected chi connectivity index (χ4v) is 5.30. The first-order valence-corrected chi connectivity index (χ1v) is 10.9. The molecule has 0 saturated heterocycles. The van der Waals surface area contributed by atoms with Crippen molar-refractivity contribution < 1.29 is 9.00 Å². The minimum Gasteiger partial charge on any atom is -0.272 e. The number of benzene rings is 1. The van der Waals surface area contributed by atoms with E-state index in [1.54, 1.807) is 24.4 Å². The summed E-state index contributed by atoms with van der Waals surface area (Å²) in [6, 6.07) is 7.66. The molecule has 1 atom stereocenters. The van der Waals surface area contributed by atoms with Gasteiger partial charge in [0.05, 0.1) is 17.9 Å². The van der Waals surface area contributed by atoms with Crippen LogP contribution >= 0.6 is 0 Å². The molecule has 0 spiro atoms. The van der Waals surface area contributed by atoms with E-state index in [0.29, 0.717) is 5.69 Å². The second kappa shape index (κ2) is 6.93. The first-order chi connectivity index (χ1) is 12.5. The molecule has 0 fully saturated rings. The standard InChI is InChI=1S/C20H23N3O2S/c21-26(25,13-16-7-1-2-10-22-16)23-20(24)12-19-17-8-3-5-14(17)11-15-6-4-9-18(15)19/h1-2,7,10-11H,3-6,8-9,12-13H2,(H2,21,23,24,25). The number of aromatic nitrogens is 1. The molecule has 1 amide bonds. The molecular weight excluding hydrogens is 346 g/mol. The second-order valence-electron chi connectivity index (χ2n) is 7.15. The number of amides is 1. The molecule has 6 heteroatoms. The maximum atomic E-state index is 12.6. The summed E-state index contributed by atoms with van der Waals surface area (Å²) in [6.45, 7) is 0. The average molecular weight is 369 g/mol. The molecule has 2 N–H and O–H groups in total. The van der Waals surface area contributed by atoms with Gasteiger partial charge >= 0.3 is 0 Å². The maximum Gasteiger partial charge on any atom is 0.259 e. The molecule has 1 heterocycles. The minimum atomic E-state index is -3.12. The van der Waals surface area contributed by atoms with Crippen molar-refractivity contribution >= 4 is 15.8 Å². The van der Waals surface area contributed by atoms with Crippen molar-refractivity contribution in [1.82, 2.24) is 4.98 Å². The van der Waals surface area contributed by atoms with Gasteiger partial charge in [0.15, 0.2) is 0 Å². The van der Waals surface area contributed by atoms with E-state index in [0.717, 1.165) is 44.1 Å². The Morgan fingerprint density at radius 2 is 1.81 bits per heavy atom. The largest absolute Gasteiger partial charge is 0.272 e. The summed E-state index contributed by atoms with van der Waals surface area (Å²) >= 11 is 0. The van der Waals surface area contributed by atoms with Crippen LogP contribution in [0.15, 0.2) is 34.8 Å². The van der Waals surface area contributed by atoms with Crippen LogP contribution in [-0.4, -0.2) is 15.1 Å². The van der Waals surface area contributed by atoms with Crippen LogP contribution in [-0.2, 0) is 52.6 Å². The number of aryl methyl sites for hydroxylation is 2. The molecule has 5 nitrogen and oxygen atoms in total. The number of hydrogen-bond acceptors (Lipinski definition) is 3. The fraction of sp³-hybridized carbons (Fsp3) is 0.400.